The third-order valence-electron chi connectivity index (χ3n) is 8.00. The van der Waals surface area contributed by atoms with Gasteiger partial charge >= 0.3 is 6.09 Å². The molecule has 0 spiro atoms. The van der Waals surface area contributed by atoms with E-state index in [1.807, 2.05) is 66.7 Å². The number of hydrogen-bond donors (Lipinski definition) is 3. The molecule has 0 radical (unpaired) electrons. The van der Waals surface area contributed by atoms with Gasteiger partial charge in [-0.25, -0.2) is 4.79 Å². The summed E-state index contributed by atoms with van der Waals surface area (Å²) in [5.74, 6) is -0.0333. The molecule has 5 rings (SSSR count). The molecule has 0 bridgehead atoms. The number of aliphatic hydroxyl groups is 1. The lowest BCUT2D eigenvalue weighted by Crippen LogP contribution is -2.42. The first-order valence-electron chi connectivity index (χ1n) is 14.6. The predicted molar refractivity (Wildman–Crippen MR) is 163 cm³/mol. The van der Waals surface area contributed by atoms with E-state index in [0.717, 1.165) is 80.1 Å². The number of ether oxygens (including phenoxy) is 1. The fraction of sp³-hybridized carbons (Fsp3) is 0.438. The number of carbonyl (C=O) groups excluding carboxylic acids is 2. The first-order valence-corrected chi connectivity index (χ1v) is 15.4. The van der Waals surface area contributed by atoms with Crippen molar-refractivity contribution in [1.82, 2.24) is 15.1 Å². The van der Waals surface area contributed by atoms with Crippen LogP contribution < -0.4 is 10.6 Å². The summed E-state index contributed by atoms with van der Waals surface area (Å²) < 4.78 is 5.74. The van der Waals surface area contributed by atoms with E-state index >= 15 is 0 Å². The van der Waals surface area contributed by atoms with Crippen LogP contribution in [0.1, 0.15) is 47.2 Å². The van der Waals surface area contributed by atoms with Gasteiger partial charge < -0.3 is 20.1 Å². The van der Waals surface area contributed by atoms with E-state index in [2.05, 4.69) is 27.4 Å². The Bertz CT molecular complexity index is 1290. The number of para-hydroxylation sites is 1. The number of amides is 2. The summed E-state index contributed by atoms with van der Waals surface area (Å²) in [5, 5.41) is 15.8. The smallest absolute Gasteiger partial charge is 0.411 e. The molecule has 3 heterocycles. The van der Waals surface area contributed by atoms with E-state index in [-0.39, 0.29) is 18.1 Å². The van der Waals surface area contributed by atoms with Gasteiger partial charge in [0.15, 0.2) is 0 Å². The minimum Gasteiger partial charge on any atom is -0.446 e. The average Bonchev–Trinajstić information content (AvgIpc) is 3.45. The summed E-state index contributed by atoms with van der Waals surface area (Å²) in [5.41, 5.74) is 2.73. The van der Waals surface area contributed by atoms with Crippen molar-refractivity contribution in [2.24, 2.45) is 0 Å². The van der Waals surface area contributed by atoms with Crippen LogP contribution in [-0.4, -0.2) is 77.9 Å². The van der Waals surface area contributed by atoms with Gasteiger partial charge in [0, 0.05) is 55.8 Å². The second-order valence-electron chi connectivity index (χ2n) is 11.0. The number of hydrogen-bond acceptors (Lipinski definition) is 7. The number of carbonyl (C=O) groups is 2. The molecule has 0 aliphatic carbocycles. The Labute approximate surface area is 246 Å². The zero-order valence-electron chi connectivity index (χ0n) is 23.6. The summed E-state index contributed by atoms with van der Waals surface area (Å²) in [6.45, 7) is 6.84. The van der Waals surface area contributed by atoms with E-state index in [0.29, 0.717) is 12.6 Å². The topological polar surface area (TPSA) is 94.1 Å². The molecule has 0 saturated carbocycles. The molecular weight excluding hydrogens is 536 g/mol. The molecule has 3 aromatic rings. The van der Waals surface area contributed by atoms with Crippen LogP contribution in [0, 0.1) is 0 Å². The van der Waals surface area contributed by atoms with Crippen LogP contribution in [0.2, 0.25) is 0 Å². The number of anilines is 1. The van der Waals surface area contributed by atoms with Crippen LogP contribution in [-0.2, 0) is 11.3 Å². The van der Waals surface area contributed by atoms with E-state index in [1.165, 1.54) is 4.88 Å². The molecule has 2 atom stereocenters. The Morgan fingerprint density at radius 2 is 1.73 bits per heavy atom. The van der Waals surface area contributed by atoms with Crippen LogP contribution in [0.15, 0.2) is 66.7 Å². The minimum absolute atomic E-state index is 0.0333. The second-order valence-corrected chi connectivity index (χ2v) is 12.2. The lowest BCUT2D eigenvalue weighted by atomic mass is 10.0. The highest BCUT2D eigenvalue weighted by atomic mass is 32.1. The summed E-state index contributed by atoms with van der Waals surface area (Å²) in [6, 6.07) is 22.0. The molecule has 2 aliphatic heterocycles. The number of nitrogens with zero attached hydrogens (tertiary/aromatic N) is 2. The van der Waals surface area contributed by atoms with Crippen LogP contribution in [0.5, 0.6) is 0 Å². The van der Waals surface area contributed by atoms with Gasteiger partial charge in [0.25, 0.3) is 5.91 Å². The van der Waals surface area contributed by atoms with Gasteiger partial charge in [0.2, 0.25) is 0 Å². The molecule has 2 saturated heterocycles. The van der Waals surface area contributed by atoms with Crippen molar-refractivity contribution in [3.63, 3.8) is 0 Å². The second kappa shape index (κ2) is 14.1. The Morgan fingerprint density at radius 1 is 0.976 bits per heavy atom. The summed E-state index contributed by atoms with van der Waals surface area (Å²) >= 11 is 1.55. The number of thiophene rings is 1. The Balaban J connectivity index is 1.00. The van der Waals surface area contributed by atoms with Crippen molar-refractivity contribution in [2.45, 2.75) is 57.4 Å². The molecule has 2 aliphatic rings. The van der Waals surface area contributed by atoms with E-state index in [1.54, 1.807) is 11.3 Å². The normalized spacial score (nSPS) is 20.4. The van der Waals surface area contributed by atoms with E-state index in [4.69, 9.17) is 4.74 Å². The maximum absolute atomic E-state index is 12.7. The van der Waals surface area contributed by atoms with E-state index < -0.39 is 6.09 Å². The maximum atomic E-state index is 12.7. The molecule has 2 unspecified atom stereocenters. The molecule has 9 heteroatoms. The van der Waals surface area contributed by atoms with Crippen LogP contribution >= 0.6 is 11.3 Å². The highest BCUT2D eigenvalue weighted by Crippen LogP contribution is 2.28. The van der Waals surface area contributed by atoms with Crippen molar-refractivity contribution in [2.75, 3.05) is 38.0 Å². The standard InChI is InChI=1S/C32H40N4O4S/c1-23-21-25(37)13-19-36(23)22-27-11-12-30(41-27)31(38)33-16-20-35-17-14-26(15-18-35)40-32(39)34-29-10-6-5-9-28(29)24-7-3-2-4-8-24/h2-12,23,25-26,37H,13-22H2,1H3,(H,33,38)(H,34,39). The van der Waals surface area contributed by atoms with Gasteiger partial charge in [-0.1, -0.05) is 48.5 Å². The van der Waals surface area contributed by atoms with Crippen LogP contribution in [0.25, 0.3) is 11.1 Å². The SMILES string of the molecule is CC1CC(O)CCN1Cc1ccc(C(=O)NCCN2CCC(OC(=O)Nc3ccccc3-c3ccccc3)CC2)s1. The highest BCUT2D eigenvalue weighted by Gasteiger charge is 2.25. The number of piperidine rings is 2. The van der Waals surface area contributed by atoms with E-state index in [9.17, 15) is 14.7 Å². The first-order chi connectivity index (χ1) is 19.9. The van der Waals surface area contributed by atoms with Gasteiger partial charge in [-0.05, 0) is 56.4 Å². The molecular formula is C32H40N4O4S. The molecule has 1 aromatic heterocycles. The minimum atomic E-state index is -0.429. The predicted octanol–water partition coefficient (Wildman–Crippen LogP) is 5.20. The number of rotatable bonds is 9. The van der Waals surface area contributed by atoms with Crippen molar-refractivity contribution in [1.29, 1.82) is 0 Å². The molecule has 2 aromatic carbocycles. The number of likely N-dealkylation sites (tertiary alicyclic amines) is 2. The van der Waals surface area contributed by atoms with Gasteiger partial charge in [-0.2, -0.15) is 0 Å². The first kappa shape index (κ1) is 29.3. The third-order valence-corrected chi connectivity index (χ3v) is 9.07. The zero-order valence-corrected chi connectivity index (χ0v) is 24.4. The highest BCUT2D eigenvalue weighted by molar-refractivity contribution is 7.14. The largest absolute Gasteiger partial charge is 0.446 e. The fourth-order valence-electron chi connectivity index (χ4n) is 5.63. The van der Waals surface area contributed by atoms with Gasteiger partial charge in [0.1, 0.15) is 6.10 Å². The fourth-order valence-corrected chi connectivity index (χ4v) is 6.58. The molecule has 3 N–H and O–H groups in total. The zero-order chi connectivity index (χ0) is 28.6. The molecule has 218 valence electrons. The summed E-state index contributed by atoms with van der Waals surface area (Å²) in [4.78, 5) is 32.0. The molecule has 8 nitrogen and oxygen atoms in total. The van der Waals surface area contributed by atoms with Crippen molar-refractivity contribution < 1.29 is 19.4 Å². The third kappa shape index (κ3) is 8.16. The Hall–Kier alpha value is -3.24. The van der Waals surface area contributed by atoms with Gasteiger partial charge in [-0.3, -0.25) is 15.0 Å². The lowest BCUT2D eigenvalue weighted by Gasteiger charge is -2.35. The number of aliphatic hydroxyl groups excluding tert-OH is 1. The summed E-state index contributed by atoms with van der Waals surface area (Å²) in [6.07, 6.45) is 2.39. The molecule has 41 heavy (non-hydrogen) atoms. The summed E-state index contributed by atoms with van der Waals surface area (Å²) in [7, 11) is 0. The average molecular weight is 577 g/mol. The van der Waals surface area contributed by atoms with Gasteiger partial charge in [-0.15, -0.1) is 11.3 Å². The number of benzene rings is 2. The maximum Gasteiger partial charge on any atom is 0.411 e. The monoisotopic (exact) mass is 576 g/mol. The van der Waals surface area contributed by atoms with Crippen molar-refractivity contribution in [3.05, 3.63) is 76.5 Å². The molecule has 2 amide bonds. The Kier molecular flexibility index (Phi) is 10.1. The lowest BCUT2D eigenvalue weighted by molar-refractivity contribution is 0.0447. The number of nitrogens with one attached hydrogen (secondary N) is 2. The Morgan fingerprint density at radius 3 is 2.51 bits per heavy atom. The molecule has 2 fully saturated rings. The van der Waals surface area contributed by atoms with Crippen LogP contribution in [0.4, 0.5) is 10.5 Å². The van der Waals surface area contributed by atoms with Crippen molar-refractivity contribution in [3.8, 4) is 11.1 Å². The van der Waals surface area contributed by atoms with Gasteiger partial charge in [0.05, 0.1) is 16.7 Å². The van der Waals surface area contributed by atoms with Crippen molar-refractivity contribution >= 4 is 29.0 Å². The van der Waals surface area contributed by atoms with Crippen LogP contribution in [0.3, 0.4) is 0 Å². The quantitative estimate of drug-likeness (QED) is 0.324.